The van der Waals surface area contributed by atoms with Crippen molar-refractivity contribution in [1.82, 2.24) is 5.43 Å². The first-order valence-electron chi connectivity index (χ1n) is 7.74. The first-order chi connectivity index (χ1) is 12.5. The molecule has 0 spiro atoms. The normalized spacial score (nSPS) is 10.6. The van der Waals surface area contributed by atoms with E-state index in [1.807, 2.05) is 0 Å². The molecule has 26 heavy (non-hydrogen) atoms. The fourth-order valence-corrected chi connectivity index (χ4v) is 2.46. The molecular formula is C18H18Cl2N2O4. The van der Waals surface area contributed by atoms with Gasteiger partial charge in [-0.2, -0.15) is 5.10 Å². The first kappa shape index (κ1) is 19.9. The molecule has 0 bridgehead atoms. The molecule has 0 aliphatic carbocycles. The van der Waals surface area contributed by atoms with Crippen molar-refractivity contribution in [3.8, 4) is 11.5 Å². The number of carbonyl (C=O) groups excluding carboxylic acids is 1. The Morgan fingerprint density at radius 1 is 1.19 bits per heavy atom. The zero-order chi connectivity index (χ0) is 18.9. The maximum absolute atomic E-state index is 11.2. The van der Waals surface area contributed by atoms with E-state index in [4.69, 9.17) is 37.4 Å². The van der Waals surface area contributed by atoms with Gasteiger partial charge in [0.05, 0.1) is 19.9 Å². The topological polar surface area (TPSA) is 69.2 Å². The van der Waals surface area contributed by atoms with Crippen molar-refractivity contribution in [2.24, 2.45) is 5.10 Å². The molecule has 0 aliphatic rings. The molecule has 0 aromatic heterocycles. The van der Waals surface area contributed by atoms with Crippen molar-refractivity contribution in [1.29, 1.82) is 0 Å². The molecule has 2 aromatic rings. The van der Waals surface area contributed by atoms with Gasteiger partial charge in [-0.1, -0.05) is 29.3 Å². The van der Waals surface area contributed by atoms with Crippen LogP contribution < -0.4 is 14.9 Å². The van der Waals surface area contributed by atoms with Crippen molar-refractivity contribution < 1.29 is 19.0 Å². The molecular weight excluding hydrogens is 379 g/mol. The molecule has 2 aromatic carbocycles. The van der Waals surface area contributed by atoms with Crippen LogP contribution in [0.2, 0.25) is 10.0 Å². The molecule has 0 unspecified atom stereocenters. The minimum absolute atomic E-state index is 0.268. The van der Waals surface area contributed by atoms with Crippen LogP contribution >= 0.6 is 23.2 Å². The van der Waals surface area contributed by atoms with Gasteiger partial charge in [-0.3, -0.25) is 0 Å². The van der Waals surface area contributed by atoms with Crippen LogP contribution in [0.1, 0.15) is 18.1 Å². The Morgan fingerprint density at radius 3 is 2.69 bits per heavy atom. The predicted octanol–water partition coefficient (Wildman–Crippen LogP) is 4.66. The summed E-state index contributed by atoms with van der Waals surface area (Å²) in [5.74, 6) is 1.07. The van der Waals surface area contributed by atoms with Crippen LogP contribution in [0.3, 0.4) is 0 Å². The first-order valence-corrected chi connectivity index (χ1v) is 8.49. The summed E-state index contributed by atoms with van der Waals surface area (Å²) in [6, 6.07) is 10.5. The Morgan fingerprint density at radius 2 is 2.00 bits per heavy atom. The number of carbonyl (C=O) groups is 1. The van der Waals surface area contributed by atoms with Gasteiger partial charge in [0.15, 0.2) is 11.5 Å². The summed E-state index contributed by atoms with van der Waals surface area (Å²) >= 11 is 12.0. The Balaban J connectivity index is 2.03. The third kappa shape index (κ3) is 5.82. The van der Waals surface area contributed by atoms with E-state index in [9.17, 15) is 4.79 Å². The molecule has 0 fully saturated rings. The van der Waals surface area contributed by atoms with Gasteiger partial charge in [-0.15, -0.1) is 0 Å². The molecule has 138 valence electrons. The Hall–Kier alpha value is -2.44. The summed E-state index contributed by atoms with van der Waals surface area (Å²) in [5.41, 5.74) is 3.78. The minimum atomic E-state index is -0.615. The van der Waals surface area contributed by atoms with Crippen LogP contribution in [0.4, 0.5) is 4.79 Å². The number of nitrogens with zero attached hydrogens (tertiary/aromatic N) is 1. The highest BCUT2D eigenvalue weighted by atomic mass is 35.5. The quantitative estimate of drug-likeness (QED) is 0.545. The Labute approximate surface area is 161 Å². The van der Waals surface area contributed by atoms with Gasteiger partial charge in [0.25, 0.3) is 0 Å². The summed E-state index contributed by atoms with van der Waals surface area (Å²) < 4.78 is 15.8. The van der Waals surface area contributed by atoms with Crippen LogP contribution in [0.15, 0.2) is 41.5 Å². The van der Waals surface area contributed by atoms with E-state index in [1.165, 1.54) is 13.3 Å². The summed E-state index contributed by atoms with van der Waals surface area (Å²) in [4.78, 5) is 11.2. The van der Waals surface area contributed by atoms with E-state index in [0.29, 0.717) is 21.5 Å². The second-order valence-corrected chi connectivity index (χ2v) is 5.87. The van der Waals surface area contributed by atoms with Crippen molar-refractivity contribution in [3.05, 3.63) is 57.6 Å². The van der Waals surface area contributed by atoms with Gasteiger partial charge in [0.1, 0.15) is 6.61 Å². The van der Waals surface area contributed by atoms with Gasteiger partial charge < -0.3 is 14.2 Å². The largest absolute Gasteiger partial charge is 0.493 e. The minimum Gasteiger partial charge on any atom is -0.493 e. The van der Waals surface area contributed by atoms with Crippen molar-refractivity contribution in [3.63, 3.8) is 0 Å². The average molecular weight is 397 g/mol. The zero-order valence-electron chi connectivity index (χ0n) is 14.3. The molecule has 0 saturated heterocycles. The molecule has 0 saturated carbocycles. The summed E-state index contributed by atoms with van der Waals surface area (Å²) in [6.07, 6.45) is 0.856. The Kier molecular flexibility index (Phi) is 7.56. The van der Waals surface area contributed by atoms with E-state index in [0.717, 1.165) is 11.1 Å². The molecule has 0 heterocycles. The summed E-state index contributed by atoms with van der Waals surface area (Å²) in [6.45, 7) is 2.26. The molecule has 1 amide bonds. The molecule has 2 rings (SSSR count). The highest BCUT2D eigenvalue weighted by Gasteiger charge is 2.08. The highest BCUT2D eigenvalue weighted by molar-refractivity contribution is 6.35. The lowest BCUT2D eigenvalue weighted by molar-refractivity contribution is 0.152. The fourth-order valence-electron chi connectivity index (χ4n) is 2.00. The third-order valence-electron chi connectivity index (χ3n) is 3.23. The molecule has 6 nitrogen and oxygen atoms in total. The molecule has 0 radical (unpaired) electrons. The maximum Gasteiger partial charge on any atom is 0.427 e. The van der Waals surface area contributed by atoms with Gasteiger partial charge in [0.2, 0.25) is 0 Å². The van der Waals surface area contributed by atoms with E-state index in [1.54, 1.807) is 43.3 Å². The zero-order valence-corrected chi connectivity index (χ0v) is 15.8. The average Bonchev–Trinajstić information content (AvgIpc) is 2.61. The van der Waals surface area contributed by atoms with E-state index in [-0.39, 0.29) is 13.2 Å². The van der Waals surface area contributed by atoms with Crippen LogP contribution in [-0.4, -0.2) is 26.0 Å². The monoisotopic (exact) mass is 396 g/mol. The lowest BCUT2D eigenvalue weighted by Gasteiger charge is -2.12. The van der Waals surface area contributed by atoms with E-state index in [2.05, 4.69) is 10.5 Å². The summed E-state index contributed by atoms with van der Waals surface area (Å²) in [5, 5.41) is 4.90. The lowest BCUT2D eigenvalue weighted by atomic mass is 10.2. The van der Waals surface area contributed by atoms with E-state index < -0.39 is 6.09 Å². The second kappa shape index (κ2) is 9.89. The number of rotatable bonds is 7. The predicted molar refractivity (Wildman–Crippen MR) is 102 cm³/mol. The maximum atomic E-state index is 11.2. The number of hydrogen-bond donors (Lipinski definition) is 1. The number of amides is 1. The number of methoxy groups -OCH3 is 1. The SMILES string of the molecule is CCOC(=O)NN=Cc1ccc(OCc2ccc(Cl)cc2Cl)c(OC)c1. The number of hydrazone groups is 1. The van der Waals surface area contributed by atoms with Gasteiger partial charge in [0, 0.05) is 15.6 Å². The van der Waals surface area contributed by atoms with Crippen molar-refractivity contribution in [2.75, 3.05) is 13.7 Å². The fraction of sp³-hybridized carbons (Fsp3) is 0.222. The number of benzene rings is 2. The van der Waals surface area contributed by atoms with E-state index >= 15 is 0 Å². The number of halogens is 2. The van der Waals surface area contributed by atoms with Gasteiger partial charge in [-0.05, 0) is 42.8 Å². The summed E-state index contributed by atoms with van der Waals surface area (Å²) in [7, 11) is 1.54. The third-order valence-corrected chi connectivity index (χ3v) is 3.82. The number of nitrogens with one attached hydrogen (secondary N) is 1. The molecule has 0 aliphatic heterocycles. The highest BCUT2D eigenvalue weighted by Crippen LogP contribution is 2.29. The van der Waals surface area contributed by atoms with Crippen molar-refractivity contribution in [2.45, 2.75) is 13.5 Å². The standard InChI is InChI=1S/C18H18Cl2N2O4/c1-3-25-18(23)22-21-10-12-4-7-16(17(8-12)24-2)26-11-13-5-6-14(19)9-15(13)20/h4-10H,3,11H2,1-2H3,(H,22,23). The lowest BCUT2D eigenvalue weighted by Crippen LogP contribution is -2.18. The Bertz CT molecular complexity index is 797. The molecule has 1 N–H and O–H groups in total. The second-order valence-electron chi connectivity index (χ2n) is 5.03. The van der Waals surface area contributed by atoms with Gasteiger partial charge >= 0.3 is 6.09 Å². The number of ether oxygens (including phenoxy) is 3. The van der Waals surface area contributed by atoms with Crippen LogP contribution in [0.25, 0.3) is 0 Å². The van der Waals surface area contributed by atoms with Crippen LogP contribution in [0.5, 0.6) is 11.5 Å². The number of hydrogen-bond acceptors (Lipinski definition) is 5. The van der Waals surface area contributed by atoms with Gasteiger partial charge in [-0.25, -0.2) is 10.2 Å². The van der Waals surface area contributed by atoms with Crippen LogP contribution in [0, 0.1) is 0 Å². The van der Waals surface area contributed by atoms with Crippen molar-refractivity contribution >= 4 is 35.5 Å². The molecule has 0 atom stereocenters. The van der Waals surface area contributed by atoms with Crippen LogP contribution in [-0.2, 0) is 11.3 Å². The smallest absolute Gasteiger partial charge is 0.427 e. The molecule has 8 heteroatoms.